The Morgan fingerprint density at radius 1 is 1.07 bits per heavy atom. The average Bonchev–Trinajstić information content (AvgIpc) is 2.74. The number of hydrogen-bond acceptors (Lipinski definition) is 5. The van der Waals surface area contributed by atoms with Crippen molar-refractivity contribution in [2.75, 3.05) is 13.2 Å². The van der Waals surface area contributed by atoms with E-state index in [1.54, 1.807) is 0 Å². The maximum absolute atomic E-state index is 11.9. The van der Waals surface area contributed by atoms with Gasteiger partial charge in [-0.2, -0.15) is 9.98 Å². The standard InChI is InChI=1S/C6H4ClN2O5P/c7-15(12,3-1-13-5(10)8-3)4-2-14-6(11)9-4/h1-2H2. The summed E-state index contributed by atoms with van der Waals surface area (Å²) in [5, 5.41) is 0. The fourth-order valence-corrected chi connectivity index (χ4v) is 2.74. The lowest BCUT2D eigenvalue weighted by atomic mass is 10.8. The molecule has 0 fully saturated rings. The molecular formula is C6H4ClN2O5P. The zero-order chi connectivity index (χ0) is 11.1. The third kappa shape index (κ3) is 1.80. The molecule has 2 rings (SSSR count). The molecule has 0 aliphatic carbocycles. The number of hydrogen-bond donors (Lipinski definition) is 0. The van der Waals surface area contributed by atoms with Crippen LogP contribution in [0, 0.1) is 0 Å². The van der Waals surface area contributed by atoms with Gasteiger partial charge in [0, 0.05) is 0 Å². The molecule has 7 nitrogen and oxygen atoms in total. The molecule has 2 heterocycles. The van der Waals surface area contributed by atoms with Crippen LogP contribution in [0.5, 0.6) is 0 Å². The van der Waals surface area contributed by atoms with Gasteiger partial charge in [0.2, 0.25) is 0 Å². The Hall–Kier alpha value is -1.20. The molecule has 2 aliphatic rings. The highest BCUT2D eigenvalue weighted by atomic mass is 35.7. The molecule has 80 valence electrons. The molecule has 0 saturated heterocycles. The summed E-state index contributed by atoms with van der Waals surface area (Å²) in [6.07, 6.45) is -1.70. The molecule has 0 saturated carbocycles. The lowest BCUT2D eigenvalue weighted by molar-refractivity contribution is 0.180. The Balaban J connectivity index is 2.31. The fourth-order valence-electron chi connectivity index (χ4n) is 1.04. The van der Waals surface area contributed by atoms with Crippen LogP contribution in [-0.2, 0) is 14.0 Å². The minimum atomic E-state index is -3.58. The van der Waals surface area contributed by atoms with Crippen molar-refractivity contribution in [3.05, 3.63) is 0 Å². The highest BCUT2D eigenvalue weighted by Crippen LogP contribution is 2.56. The molecule has 0 bridgehead atoms. The number of nitrogens with zero attached hydrogens (tertiary/aromatic N) is 2. The lowest BCUT2D eigenvalue weighted by Gasteiger charge is -2.06. The fraction of sp³-hybridized carbons (Fsp3) is 0.333. The second-order valence-electron chi connectivity index (χ2n) is 2.70. The molecule has 2 aliphatic heterocycles. The zero-order valence-electron chi connectivity index (χ0n) is 7.18. The van der Waals surface area contributed by atoms with Gasteiger partial charge < -0.3 is 9.47 Å². The smallest absolute Gasteiger partial charge is 0.434 e. The van der Waals surface area contributed by atoms with Crippen molar-refractivity contribution >= 4 is 40.8 Å². The van der Waals surface area contributed by atoms with Crippen LogP contribution in [-0.4, -0.2) is 36.3 Å². The molecule has 0 aromatic heterocycles. The third-order valence-electron chi connectivity index (χ3n) is 1.75. The van der Waals surface area contributed by atoms with Crippen molar-refractivity contribution in [1.82, 2.24) is 0 Å². The van der Waals surface area contributed by atoms with Gasteiger partial charge in [0.15, 0.2) is 0 Å². The number of ether oxygens (including phenoxy) is 2. The van der Waals surface area contributed by atoms with E-state index in [2.05, 4.69) is 19.5 Å². The first-order valence-corrected chi connectivity index (χ1v) is 6.41. The van der Waals surface area contributed by atoms with Crippen LogP contribution < -0.4 is 0 Å². The minimum Gasteiger partial charge on any atom is -0.441 e. The van der Waals surface area contributed by atoms with Crippen molar-refractivity contribution in [3.63, 3.8) is 0 Å². The van der Waals surface area contributed by atoms with Crippen molar-refractivity contribution in [2.24, 2.45) is 9.98 Å². The number of cyclic esters (lactones) is 2. The van der Waals surface area contributed by atoms with Gasteiger partial charge in [-0.1, -0.05) is 0 Å². The topological polar surface area (TPSA) is 94.4 Å². The number of halogens is 1. The molecule has 2 amide bonds. The molecule has 9 heteroatoms. The van der Waals surface area contributed by atoms with E-state index >= 15 is 0 Å². The highest BCUT2D eigenvalue weighted by Gasteiger charge is 2.40. The van der Waals surface area contributed by atoms with E-state index < -0.39 is 18.7 Å². The first kappa shape index (κ1) is 10.3. The third-order valence-corrected chi connectivity index (χ3v) is 4.71. The minimum absolute atomic E-state index is 0.105. The Bertz CT molecular complexity index is 418. The summed E-state index contributed by atoms with van der Waals surface area (Å²) < 4.78 is 20.9. The van der Waals surface area contributed by atoms with E-state index in [1.807, 2.05) is 0 Å². The van der Waals surface area contributed by atoms with E-state index in [0.29, 0.717) is 0 Å². The Labute approximate surface area is 88.3 Å². The van der Waals surface area contributed by atoms with Gasteiger partial charge in [-0.25, -0.2) is 9.59 Å². The number of carbonyl (C=O) groups is 2. The van der Waals surface area contributed by atoms with Gasteiger partial charge in [-0.05, 0) is 11.2 Å². The van der Waals surface area contributed by atoms with Gasteiger partial charge >= 0.3 is 12.2 Å². The van der Waals surface area contributed by atoms with Crippen molar-refractivity contribution in [1.29, 1.82) is 0 Å². The Morgan fingerprint density at radius 2 is 1.47 bits per heavy atom. The summed E-state index contributed by atoms with van der Waals surface area (Å²) in [6.45, 7) is -4.07. The first-order chi connectivity index (χ1) is 7.00. The van der Waals surface area contributed by atoms with Crippen LogP contribution >= 0.6 is 17.7 Å². The molecule has 0 N–H and O–H groups in total. The Kier molecular flexibility index (Phi) is 2.36. The number of rotatable bonds is 2. The van der Waals surface area contributed by atoms with E-state index in [4.69, 9.17) is 11.2 Å². The van der Waals surface area contributed by atoms with Crippen LogP contribution in [0.15, 0.2) is 9.98 Å². The number of amides is 2. The summed E-state index contributed by atoms with van der Waals surface area (Å²) >= 11 is 5.71. The highest BCUT2D eigenvalue weighted by molar-refractivity contribution is 8.13. The summed E-state index contributed by atoms with van der Waals surface area (Å²) in [4.78, 5) is 28.0. The lowest BCUT2D eigenvalue weighted by Crippen LogP contribution is -2.08. The monoisotopic (exact) mass is 250 g/mol. The molecule has 15 heavy (non-hydrogen) atoms. The maximum Gasteiger partial charge on any atom is 0.434 e. The SMILES string of the molecule is O=C1N=C(P(=O)(Cl)C2=NC(=O)OC2)CO1. The van der Waals surface area contributed by atoms with Crippen LogP contribution in [0.25, 0.3) is 0 Å². The second kappa shape index (κ2) is 3.43. The molecule has 0 atom stereocenters. The summed E-state index contributed by atoms with van der Waals surface area (Å²) in [7, 11) is 0. The summed E-state index contributed by atoms with van der Waals surface area (Å²) in [6, 6.07) is 0. The average molecular weight is 251 g/mol. The molecule has 0 unspecified atom stereocenters. The summed E-state index contributed by atoms with van der Waals surface area (Å²) in [5.74, 6) is 0. The quantitative estimate of drug-likeness (QED) is 0.694. The molecule has 0 spiro atoms. The number of carbonyl (C=O) groups excluding carboxylic acids is 2. The van der Waals surface area contributed by atoms with Crippen LogP contribution in [0.2, 0.25) is 0 Å². The van der Waals surface area contributed by atoms with Crippen molar-refractivity contribution in [2.45, 2.75) is 0 Å². The normalized spacial score (nSPS) is 20.9. The van der Waals surface area contributed by atoms with Crippen molar-refractivity contribution in [3.8, 4) is 0 Å². The van der Waals surface area contributed by atoms with Crippen LogP contribution in [0.1, 0.15) is 0 Å². The van der Waals surface area contributed by atoms with Gasteiger partial charge in [-0.15, -0.1) is 0 Å². The van der Waals surface area contributed by atoms with Gasteiger partial charge in [-0.3, -0.25) is 4.57 Å². The Morgan fingerprint density at radius 3 is 1.73 bits per heavy atom. The van der Waals surface area contributed by atoms with Gasteiger partial charge in [0.25, 0.3) is 6.49 Å². The predicted molar refractivity (Wildman–Crippen MR) is 51.0 cm³/mol. The van der Waals surface area contributed by atoms with Crippen LogP contribution in [0.3, 0.4) is 0 Å². The van der Waals surface area contributed by atoms with Gasteiger partial charge in [0.1, 0.15) is 24.1 Å². The van der Waals surface area contributed by atoms with E-state index in [-0.39, 0.29) is 24.1 Å². The largest absolute Gasteiger partial charge is 0.441 e. The van der Waals surface area contributed by atoms with Crippen molar-refractivity contribution < 1.29 is 23.6 Å². The molecular weight excluding hydrogens is 247 g/mol. The molecule has 0 radical (unpaired) electrons. The van der Waals surface area contributed by atoms with E-state index in [0.717, 1.165) is 0 Å². The predicted octanol–water partition coefficient (Wildman–Crippen LogP) is 1.60. The molecule has 0 aromatic carbocycles. The number of aliphatic imine (C=N–C) groups is 2. The van der Waals surface area contributed by atoms with E-state index in [1.165, 1.54) is 0 Å². The van der Waals surface area contributed by atoms with Crippen LogP contribution in [0.4, 0.5) is 9.59 Å². The zero-order valence-corrected chi connectivity index (χ0v) is 8.83. The first-order valence-electron chi connectivity index (χ1n) is 3.79. The van der Waals surface area contributed by atoms with Gasteiger partial charge in [0.05, 0.1) is 0 Å². The maximum atomic E-state index is 11.9. The molecule has 0 aromatic rings. The summed E-state index contributed by atoms with van der Waals surface area (Å²) in [5.41, 5.74) is -0.211. The van der Waals surface area contributed by atoms with E-state index in [9.17, 15) is 14.2 Å². The second-order valence-corrected chi connectivity index (χ2v) is 6.22.